The molecule has 11 heavy (non-hydrogen) atoms. The first kappa shape index (κ1) is 9.84. The van der Waals surface area contributed by atoms with E-state index in [4.69, 9.17) is 10.8 Å². The molecule has 0 spiro atoms. The second-order valence-corrected chi connectivity index (χ2v) is 2.57. The van der Waals surface area contributed by atoms with Crippen LogP contribution in [0.5, 0.6) is 0 Å². The fraction of sp³-hybridized carbons (Fsp3) is 0.429. The Balaban J connectivity index is 4.23. The molecule has 1 unspecified atom stereocenters. The zero-order valence-corrected chi connectivity index (χ0v) is 6.33. The Kier molecular flexibility index (Phi) is 2.95. The molecule has 0 amide bonds. The number of carbonyl (C=O) groups excluding carboxylic acids is 1. The van der Waals surface area contributed by atoms with Crippen molar-refractivity contribution in [2.75, 3.05) is 0 Å². The van der Waals surface area contributed by atoms with E-state index in [1.54, 1.807) is 0 Å². The fourth-order valence-electron chi connectivity index (χ4n) is 0.510. The van der Waals surface area contributed by atoms with Gasteiger partial charge in [-0.2, -0.15) is 0 Å². The Hall–Kier alpha value is -1.16. The summed E-state index contributed by atoms with van der Waals surface area (Å²) in [5, 5.41) is 8.47. The molecule has 0 saturated heterocycles. The van der Waals surface area contributed by atoms with E-state index in [1.165, 1.54) is 6.92 Å². The molecule has 0 radical (unpaired) electrons. The first-order chi connectivity index (χ1) is 4.90. The van der Waals surface area contributed by atoms with Gasteiger partial charge in [-0.1, -0.05) is 6.58 Å². The maximum Gasteiger partial charge on any atom is 0.323 e. The number of hydrogen-bond acceptors (Lipinski definition) is 3. The van der Waals surface area contributed by atoms with Crippen LogP contribution in [0.3, 0.4) is 0 Å². The molecule has 0 bridgehead atoms. The van der Waals surface area contributed by atoms with E-state index in [0.717, 1.165) is 6.08 Å². The Morgan fingerprint density at radius 2 is 2.18 bits per heavy atom. The monoisotopic (exact) mass is 157 g/mol. The maximum absolute atomic E-state index is 10.7. The van der Waals surface area contributed by atoms with Gasteiger partial charge in [0.2, 0.25) is 0 Å². The van der Waals surface area contributed by atoms with Crippen LogP contribution in [0, 0.1) is 0 Å². The highest BCUT2D eigenvalue weighted by atomic mass is 16.4. The van der Waals surface area contributed by atoms with Crippen LogP contribution in [0.4, 0.5) is 0 Å². The number of nitrogens with two attached hydrogens (primary N) is 1. The molecule has 0 fully saturated rings. The SMILES string of the molecule is C=CC(=O)CC(C)(N)C(=O)O. The van der Waals surface area contributed by atoms with Crippen molar-refractivity contribution in [2.45, 2.75) is 18.9 Å². The lowest BCUT2D eigenvalue weighted by Crippen LogP contribution is -2.46. The number of aliphatic carboxylic acids is 1. The van der Waals surface area contributed by atoms with Crippen molar-refractivity contribution >= 4 is 11.8 Å². The summed E-state index contributed by atoms with van der Waals surface area (Å²) in [5.74, 6) is -1.55. The quantitative estimate of drug-likeness (QED) is 0.560. The molecule has 62 valence electrons. The minimum absolute atomic E-state index is 0.216. The molecule has 0 aromatic carbocycles. The number of carboxylic acid groups (broad SMARTS) is 1. The van der Waals surface area contributed by atoms with Crippen molar-refractivity contribution in [1.29, 1.82) is 0 Å². The molecule has 0 heterocycles. The van der Waals surface area contributed by atoms with Crippen LogP contribution < -0.4 is 5.73 Å². The van der Waals surface area contributed by atoms with Crippen molar-refractivity contribution in [3.05, 3.63) is 12.7 Å². The topological polar surface area (TPSA) is 80.4 Å². The van der Waals surface area contributed by atoms with Gasteiger partial charge >= 0.3 is 5.97 Å². The Bertz CT molecular complexity index is 196. The highest BCUT2D eigenvalue weighted by molar-refractivity contribution is 5.94. The standard InChI is InChI=1S/C7H11NO3/c1-3-5(9)4-7(2,8)6(10)11/h3H,1,4,8H2,2H3,(H,10,11). The number of carbonyl (C=O) groups is 2. The largest absolute Gasteiger partial charge is 0.480 e. The summed E-state index contributed by atoms with van der Waals surface area (Å²) in [6.45, 7) is 4.49. The van der Waals surface area contributed by atoms with Gasteiger partial charge in [0, 0.05) is 6.42 Å². The molecule has 3 N–H and O–H groups in total. The van der Waals surface area contributed by atoms with Crippen molar-refractivity contribution < 1.29 is 14.7 Å². The van der Waals surface area contributed by atoms with E-state index in [2.05, 4.69) is 6.58 Å². The molecular formula is C7H11NO3. The van der Waals surface area contributed by atoms with Crippen molar-refractivity contribution in [2.24, 2.45) is 5.73 Å². The fourth-order valence-corrected chi connectivity index (χ4v) is 0.510. The molecule has 0 aliphatic rings. The highest BCUT2D eigenvalue weighted by Crippen LogP contribution is 2.06. The number of rotatable bonds is 4. The van der Waals surface area contributed by atoms with Gasteiger partial charge in [0.1, 0.15) is 5.54 Å². The maximum atomic E-state index is 10.7. The van der Waals surface area contributed by atoms with E-state index in [-0.39, 0.29) is 12.2 Å². The summed E-state index contributed by atoms with van der Waals surface area (Å²) in [7, 11) is 0. The van der Waals surface area contributed by atoms with Crippen LogP contribution in [-0.4, -0.2) is 22.4 Å². The lowest BCUT2D eigenvalue weighted by atomic mass is 9.97. The van der Waals surface area contributed by atoms with E-state index in [9.17, 15) is 9.59 Å². The van der Waals surface area contributed by atoms with E-state index < -0.39 is 11.5 Å². The normalized spacial score (nSPS) is 15.1. The second kappa shape index (κ2) is 3.30. The van der Waals surface area contributed by atoms with E-state index in [0.29, 0.717) is 0 Å². The number of ketones is 1. The second-order valence-electron chi connectivity index (χ2n) is 2.57. The van der Waals surface area contributed by atoms with E-state index in [1.807, 2.05) is 0 Å². The van der Waals surface area contributed by atoms with Crippen LogP contribution in [-0.2, 0) is 9.59 Å². The molecule has 4 nitrogen and oxygen atoms in total. The van der Waals surface area contributed by atoms with Gasteiger partial charge in [-0.05, 0) is 13.0 Å². The predicted molar refractivity (Wildman–Crippen MR) is 40.0 cm³/mol. The van der Waals surface area contributed by atoms with Crippen LogP contribution in [0.2, 0.25) is 0 Å². The smallest absolute Gasteiger partial charge is 0.323 e. The minimum Gasteiger partial charge on any atom is -0.480 e. The average molecular weight is 157 g/mol. The molecule has 0 aromatic rings. The number of hydrogen-bond donors (Lipinski definition) is 2. The molecule has 4 heteroatoms. The zero-order chi connectivity index (χ0) is 9.07. The van der Waals surface area contributed by atoms with Gasteiger partial charge in [0.25, 0.3) is 0 Å². The van der Waals surface area contributed by atoms with Crippen LogP contribution in [0.25, 0.3) is 0 Å². The van der Waals surface area contributed by atoms with Gasteiger partial charge in [-0.3, -0.25) is 9.59 Å². The van der Waals surface area contributed by atoms with Crippen LogP contribution >= 0.6 is 0 Å². The third-order valence-electron chi connectivity index (χ3n) is 1.26. The summed E-state index contributed by atoms with van der Waals surface area (Å²) in [4.78, 5) is 21.0. The summed E-state index contributed by atoms with van der Waals surface area (Å²) >= 11 is 0. The zero-order valence-electron chi connectivity index (χ0n) is 6.33. The summed E-state index contributed by atoms with van der Waals surface area (Å²) in [6, 6.07) is 0. The number of carboxylic acids is 1. The van der Waals surface area contributed by atoms with Crippen LogP contribution in [0.15, 0.2) is 12.7 Å². The molecule has 0 aromatic heterocycles. The minimum atomic E-state index is -1.48. The third-order valence-corrected chi connectivity index (χ3v) is 1.26. The molecule has 0 saturated carbocycles. The van der Waals surface area contributed by atoms with Crippen molar-refractivity contribution in [1.82, 2.24) is 0 Å². The lowest BCUT2D eigenvalue weighted by molar-refractivity contribution is -0.144. The van der Waals surface area contributed by atoms with Gasteiger partial charge < -0.3 is 10.8 Å². The summed E-state index contributed by atoms with van der Waals surface area (Å²) in [6.07, 6.45) is 0.847. The lowest BCUT2D eigenvalue weighted by Gasteiger charge is -2.16. The third kappa shape index (κ3) is 2.95. The Morgan fingerprint density at radius 1 is 1.73 bits per heavy atom. The molecule has 0 aliphatic carbocycles. The van der Waals surface area contributed by atoms with Gasteiger partial charge in [-0.25, -0.2) is 0 Å². The van der Waals surface area contributed by atoms with Crippen LogP contribution in [0.1, 0.15) is 13.3 Å². The van der Waals surface area contributed by atoms with Gasteiger partial charge in [0.05, 0.1) is 0 Å². The molecular weight excluding hydrogens is 146 g/mol. The van der Waals surface area contributed by atoms with Crippen molar-refractivity contribution in [3.8, 4) is 0 Å². The Morgan fingerprint density at radius 3 is 2.45 bits per heavy atom. The summed E-state index contributed by atoms with van der Waals surface area (Å²) < 4.78 is 0. The molecule has 0 rings (SSSR count). The Labute approximate surface area is 64.7 Å². The number of allylic oxidation sites excluding steroid dienone is 1. The predicted octanol–water partition coefficient (Wildman–Crippen LogP) is -0.0664. The molecule has 1 atom stereocenters. The van der Waals surface area contributed by atoms with E-state index >= 15 is 0 Å². The average Bonchev–Trinajstić information content (AvgIpc) is 1.86. The first-order valence-electron chi connectivity index (χ1n) is 3.07. The first-order valence-corrected chi connectivity index (χ1v) is 3.07. The van der Waals surface area contributed by atoms with Gasteiger partial charge in [0.15, 0.2) is 5.78 Å². The highest BCUT2D eigenvalue weighted by Gasteiger charge is 2.29. The van der Waals surface area contributed by atoms with Gasteiger partial charge in [-0.15, -0.1) is 0 Å². The van der Waals surface area contributed by atoms with Crippen molar-refractivity contribution in [3.63, 3.8) is 0 Å². The molecule has 0 aliphatic heterocycles. The summed E-state index contributed by atoms with van der Waals surface area (Å²) in [5.41, 5.74) is 3.79.